The monoisotopic (exact) mass is 481 g/mol. The van der Waals surface area contributed by atoms with Crippen LogP contribution < -0.4 is 26.0 Å². The van der Waals surface area contributed by atoms with Crippen molar-refractivity contribution in [2.75, 3.05) is 49.7 Å². The Kier molecular flexibility index (Phi) is 8.49. The normalized spacial score (nSPS) is 14.5. The molecule has 3 rings (SSSR count). The summed E-state index contributed by atoms with van der Waals surface area (Å²) in [7, 11) is 3.89. The Morgan fingerprint density at radius 1 is 1.26 bits per heavy atom. The molecule has 0 bridgehead atoms. The number of benzene rings is 2. The van der Waals surface area contributed by atoms with Gasteiger partial charge in [-0.3, -0.25) is 0 Å². The highest BCUT2D eigenvalue weighted by Crippen LogP contribution is 2.35. The molecule has 1 aliphatic heterocycles. The van der Waals surface area contributed by atoms with Crippen LogP contribution in [0.25, 0.3) is 0 Å². The Morgan fingerprint density at radius 3 is 2.66 bits per heavy atom. The van der Waals surface area contributed by atoms with Gasteiger partial charge in [-0.05, 0) is 58.6 Å². The van der Waals surface area contributed by atoms with Crippen molar-refractivity contribution in [3.63, 3.8) is 0 Å². The lowest BCUT2D eigenvalue weighted by Crippen LogP contribution is -2.31. The Balaban J connectivity index is 1.58. The summed E-state index contributed by atoms with van der Waals surface area (Å²) < 4.78 is 20.6. The minimum absolute atomic E-state index is 0.345. The van der Waals surface area contributed by atoms with E-state index in [9.17, 15) is 9.18 Å². The van der Waals surface area contributed by atoms with Gasteiger partial charge in [-0.2, -0.15) is 5.26 Å². The number of hydrogen-bond donors (Lipinski definition) is 4. The van der Waals surface area contributed by atoms with Gasteiger partial charge in [0.25, 0.3) is 0 Å². The number of anilines is 3. The molecule has 1 aliphatic rings. The standard InChI is InChI=1S/C25H32FN7O2/c1-25(2,15-27)9-10-28-24(34)32-18-7-5-17(6-8-18)31-23-22-20(26)13-19(35-12-11-33(3)4)14-21(22)29-16-30-23/h5-8,13-14,16,23,31H,9-12H2,1-4H3,(H,29,30)(H2,28,32,34). The highest BCUT2D eigenvalue weighted by molar-refractivity contribution is 5.89. The van der Waals surface area contributed by atoms with E-state index in [-0.39, 0.29) is 6.03 Å². The summed E-state index contributed by atoms with van der Waals surface area (Å²) in [5, 5.41) is 20.7. The average molecular weight is 482 g/mol. The van der Waals surface area contributed by atoms with E-state index in [1.54, 1.807) is 30.3 Å². The van der Waals surface area contributed by atoms with E-state index < -0.39 is 17.4 Å². The van der Waals surface area contributed by atoms with Gasteiger partial charge in [0.05, 0.1) is 29.1 Å². The summed E-state index contributed by atoms with van der Waals surface area (Å²) in [5.74, 6) is 0.0354. The molecule has 10 heteroatoms. The van der Waals surface area contributed by atoms with Crippen LogP contribution in [0.15, 0.2) is 41.4 Å². The zero-order valence-corrected chi connectivity index (χ0v) is 20.5. The largest absolute Gasteiger partial charge is 0.492 e. The fourth-order valence-corrected chi connectivity index (χ4v) is 3.31. The van der Waals surface area contributed by atoms with Crippen molar-refractivity contribution >= 4 is 29.4 Å². The van der Waals surface area contributed by atoms with Crippen LogP contribution in [0.1, 0.15) is 32.0 Å². The van der Waals surface area contributed by atoms with E-state index in [0.29, 0.717) is 47.9 Å². The summed E-state index contributed by atoms with van der Waals surface area (Å²) in [5.41, 5.74) is 1.82. The van der Waals surface area contributed by atoms with E-state index in [2.05, 4.69) is 32.3 Å². The molecule has 1 unspecified atom stereocenters. The summed E-state index contributed by atoms with van der Waals surface area (Å²) in [6, 6.07) is 12.0. The van der Waals surface area contributed by atoms with E-state index in [1.165, 1.54) is 12.4 Å². The Labute approximate surface area is 205 Å². The summed E-state index contributed by atoms with van der Waals surface area (Å²) in [6.07, 6.45) is 1.46. The maximum atomic E-state index is 15.0. The van der Waals surface area contributed by atoms with Crippen LogP contribution in [0, 0.1) is 22.6 Å². The van der Waals surface area contributed by atoms with E-state index >= 15 is 0 Å². The number of halogens is 1. The highest BCUT2D eigenvalue weighted by atomic mass is 19.1. The molecule has 0 saturated heterocycles. The first-order valence-electron chi connectivity index (χ1n) is 11.4. The van der Waals surface area contributed by atoms with Crippen molar-refractivity contribution in [3.05, 3.63) is 47.8 Å². The molecule has 0 fully saturated rings. The van der Waals surface area contributed by atoms with E-state index in [1.807, 2.05) is 32.8 Å². The number of nitrogens with zero attached hydrogens (tertiary/aromatic N) is 3. The fourth-order valence-electron chi connectivity index (χ4n) is 3.31. The topological polar surface area (TPSA) is 114 Å². The van der Waals surface area contributed by atoms with Crippen LogP contribution in [-0.2, 0) is 0 Å². The molecule has 9 nitrogen and oxygen atoms in total. The van der Waals surface area contributed by atoms with Crippen LogP contribution in [0.3, 0.4) is 0 Å². The van der Waals surface area contributed by atoms with Crippen molar-refractivity contribution in [3.8, 4) is 11.8 Å². The number of rotatable bonds is 10. The van der Waals surface area contributed by atoms with Gasteiger partial charge in [0.15, 0.2) is 6.17 Å². The molecule has 0 radical (unpaired) electrons. The quantitative estimate of drug-likeness (QED) is 0.400. The number of nitriles is 1. The van der Waals surface area contributed by atoms with Crippen molar-refractivity contribution in [2.24, 2.45) is 10.4 Å². The van der Waals surface area contributed by atoms with Gasteiger partial charge in [0.1, 0.15) is 18.2 Å². The maximum Gasteiger partial charge on any atom is 0.319 e. The third-order valence-corrected chi connectivity index (χ3v) is 5.41. The van der Waals surface area contributed by atoms with E-state index in [0.717, 1.165) is 6.54 Å². The number of hydrogen-bond acceptors (Lipinski definition) is 7. The first-order chi connectivity index (χ1) is 16.7. The second-order valence-corrected chi connectivity index (χ2v) is 9.19. The molecule has 0 saturated carbocycles. The number of carbonyl (C=O) groups excluding carboxylic acids is 1. The molecule has 2 amide bonds. The highest BCUT2D eigenvalue weighted by Gasteiger charge is 2.23. The lowest BCUT2D eigenvalue weighted by Gasteiger charge is -2.24. The van der Waals surface area contributed by atoms with Crippen LogP contribution >= 0.6 is 0 Å². The minimum Gasteiger partial charge on any atom is -0.492 e. The van der Waals surface area contributed by atoms with Crippen LogP contribution in [0.4, 0.5) is 26.2 Å². The molecular formula is C25H32FN7O2. The van der Waals surface area contributed by atoms with Gasteiger partial charge in [-0.25, -0.2) is 14.2 Å². The average Bonchev–Trinajstić information content (AvgIpc) is 2.80. The first-order valence-corrected chi connectivity index (χ1v) is 11.4. The zero-order valence-electron chi connectivity index (χ0n) is 20.5. The molecule has 2 aromatic carbocycles. The first kappa shape index (κ1) is 25.8. The smallest absolute Gasteiger partial charge is 0.319 e. The second kappa shape index (κ2) is 11.5. The molecule has 0 aromatic heterocycles. The van der Waals surface area contributed by atoms with Gasteiger partial charge in [-0.1, -0.05) is 0 Å². The SMILES string of the molecule is CN(C)CCOc1cc(F)c2c(c1)NC=NC2Nc1ccc(NC(=O)NCCC(C)(C)C#N)cc1. The van der Waals surface area contributed by atoms with Gasteiger partial charge in [0.2, 0.25) is 0 Å². The molecule has 1 atom stereocenters. The zero-order chi connectivity index (χ0) is 25.4. The van der Waals surface area contributed by atoms with Gasteiger partial charge in [0, 0.05) is 36.6 Å². The Morgan fingerprint density at radius 2 is 1.97 bits per heavy atom. The molecule has 2 aromatic rings. The third-order valence-electron chi connectivity index (χ3n) is 5.41. The van der Waals surface area contributed by atoms with Crippen molar-refractivity contribution in [1.82, 2.24) is 10.2 Å². The number of carbonyl (C=O) groups is 1. The second-order valence-electron chi connectivity index (χ2n) is 9.19. The summed E-state index contributed by atoms with van der Waals surface area (Å²) in [6.45, 7) is 5.23. The van der Waals surface area contributed by atoms with Crippen LogP contribution in [-0.4, -0.2) is 51.1 Å². The maximum absolute atomic E-state index is 15.0. The fraction of sp³-hybridized carbons (Fsp3) is 0.400. The van der Waals surface area contributed by atoms with Gasteiger partial charge < -0.3 is 30.9 Å². The van der Waals surface area contributed by atoms with E-state index in [4.69, 9.17) is 10.00 Å². The Hall–Kier alpha value is -3.84. The van der Waals surface area contributed by atoms with Crippen LogP contribution in [0.2, 0.25) is 0 Å². The molecule has 0 aliphatic carbocycles. The van der Waals surface area contributed by atoms with Crippen molar-refractivity contribution < 1.29 is 13.9 Å². The number of ether oxygens (including phenoxy) is 1. The number of likely N-dealkylation sites (N-methyl/N-ethyl adjacent to an activating group) is 1. The number of aliphatic imine (C=N–C) groups is 1. The van der Waals surface area contributed by atoms with Gasteiger partial charge >= 0.3 is 6.03 Å². The lowest BCUT2D eigenvalue weighted by atomic mass is 9.92. The molecule has 0 spiro atoms. The molecule has 35 heavy (non-hydrogen) atoms. The van der Waals surface area contributed by atoms with Crippen LogP contribution in [0.5, 0.6) is 5.75 Å². The minimum atomic E-state index is -0.618. The molecular weight excluding hydrogens is 449 g/mol. The number of fused-ring (bicyclic) bond motifs is 1. The molecule has 186 valence electrons. The van der Waals surface area contributed by atoms with Gasteiger partial charge in [-0.15, -0.1) is 0 Å². The van der Waals surface area contributed by atoms with Crippen molar-refractivity contribution in [1.29, 1.82) is 5.26 Å². The summed E-state index contributed by atoms with van der Waals surface area (Å²) >= 11 is 0. The lowest BCUT2D eigenvalue weighted by molar-refractivity contribution is 0.251. The Bertz CT molecular complexity index is 1090. The summed E-state index contributed by atoms with van der Waals surface area (Å²) in [4.78, 5) is 18.4. The third kappa shape index (κ3) is 7.58. The van der Waals surface area contributed by atoms with Crippen molar-refractivity contribution in [2.45, 2.75) is 26.4 Å². The predicted molar refractivity (Wildman–Crippen MR) is 136 cm³/mol. The number of urea groups is 1. The number of amides is 2. The molecule has 4 N–H and O–H groups in total. The predicted octanol–water partition coefficient (Wildman–Crippen LogP) is 4.39. The molecule has 1 heterocycles. The number of nitrogens with one attached hydrogen (secondary N) is 4.